The van der Waals surface area contributed by atoms with E-state index in [0.717, 1.165) is 22.3 Å². The second kappa shape index (κ2) is 4.24. The zero-order chi connectivity index (χ0) is 13.5. The average Bonchev–Trinajstić information content (AvgIpc) is 2.57. The molecule has 1 heterocycles. The highest BCUT2D eigenvalue weighted by Gasteiger charge is 2.34. The van der Waals surface area contributed by atoms with Gasteiger partial charge in [0.25, 0.3) is 0 Å². The fraction of sp³-hybridized carbons (Fsp3) is 0.182. The molecule has 0 unspecified atom stereocenters. The third kappa shape index (κ3) is 2.31. The van der Waals surface area contributed by atoms with Gasteiger partial charge in [-0.25, -0.2) is 4.39 Å². The molecule has 0 fully saturated rings. The van der Waals surface area contributed by atoms with Gasteiger partial charge in [-0.3, -0.25) is 9.98 Å². The van der Waals surface area contributed by atoms with E-state index in [2.05, 4.69) is 0 Å². The van der Waals surface area contributed by atoms with E-state index in [1.807, 2.05) is 0 Å². The van der Waals surface area contributed by atoms with Gasteiger partial charge < -0.3 is 0 Å². The van der Waals surface area contributed by atoms with Gasteiger partial charge in [-0.1, -0.05) is 0 Å². The summed E-state index contributed by atoms with van der Waals surface area (Å²) >= 11 is 1.14. The zero-order valence-electron chi connectivity index (χ0n) is 9.18. The average molecular weight is 276 g/mol. The largest absolute Gasteiger partial charge is 0.419 e. The minimum Gasteiger partial charge on any atom is -0.293 e. The van der Waals surface area contributed by atoms with Gasteiger partial charge in [-0.2, -0.15) is 13.2 Å². The normalized spacial score (nSPS) is 11.8. The van der Waals surface area contributed by atoms with Crippen molar-refractivity contribution < 1.29 is 17.6 Å². The quantitative estimate of drug-likeness (QED) is 0.773. The summed E-state index contributed by atoms with van der Waals surface area (Å²) in [6.07, 6.45) is -3.20. The van der Waals surface area contributed by atoms with Crippen molar-refractivity contribution in [3.8, 4) is 5.69 Å². The third-order valence-corrected chi connectivity index (χ3v) is 3.14. The Morgan fingerprint density at radius 2 is 1.94 bits per heavy atom. The molecule has 0 amide bonds. The van der Waals surface area contributed by atoms with Crippen molar-refractivity contribution in [2.24, 2.45) is 0 Å². The maximum atomic E-state index is 13.1. The van der Waals surface area contributed by atoms with Gasteiger partial charge in [0.05, 0.1) is 5.56 Å². The number of hydrogen-bond acceptors (Lipinski definition) is 2. The lowest BCUT2D eigenvalue weighted by Gasteiger charge is -2.10. The molecule has 0 aliphatic rings. The van der Waals surface area contributed by atoms with Crippen molar-refractivity contribution in [2.75, 3.05) is 0 Å². The minimum absolute atomic E-state index is 0.0900. The van der Waals surface area contributed by atoms with E-state index in [-0.39, 0.29) is 10.5 Å². The maximum Gasteiger partial charge on any atom is 0.419 e. The van der Waals surface area contributed by atoms with Crippen LogP contribution in [0.2, 0.25) is 0 Å². The van der Waals surface area contributed by atoms with Crippen LogP contribution in [0.15, 0.2) is 24.4 Å². The SMILES string of the molecule is Cc1cn(-c2ccc(F)c(C(F)(F)F)c2)c(=N)s1. The molecular formula is C11H8F4N2S. The smallest absolute Gasteiger partial charge is 0.293 e. The van der Waals surface area contributed by atoms with Crippen LogP contribution in [0.3, 0.4) is 0 Å². The molecule has 7 heteroatoms. The molecule has 0 bridgehead atoms. The maximum absolute atomic E-state index is 13.1. The van der Waals surface area contributed by atoms with Crippen molar-refractivity contribution in [3.63, 3.8) is 0 Å². The molecule has 2 rings (SSSR count). The first-order chi connectivity index (χ1) is 8.29. The predicted molar refractivity (Wildman–Crippen MR) is 59.2 cm³/mol. The number of nitrogens with one attached hydrogen (secondary N) is 1. The summed E-state index contributed by atoms with van der Waals surface area (Å²) in [5.41, 5.74) is -1.20. The first-order valence-electron chi connectivity index (χ1n) is 4.90. The Bertz CT molecular complexity index is 639. The number of hydrogen-bond donors (Lipinski definition) is 1. The summed E-state index contributed by atoms with van der Waals surface area (Å²) in [7, 11) is 0. The lowest BCUT2D eigenvalue weighted by atomic mass is 10.2. The van der Waals surface area contributed by atoms with Crippen LogP contribution in [-0.4, -0.2) is 4.57 Å². The van der Waals surface area contributed by atoms with Gasteiger partial charge in [0.1, 0.15) is 5.82 Å². The second-order valence-corrected chi connectivity index (χ2v) is 4.91. The fourth-order valence-corrected chi connectivity index (χ4v) is 2.26. The molecular weight excluding hydrogens is 268 g/mol. The Morgan fingerprint density at radius 3 is 2.44 bits per heavy atom. The number of alkyl halides is 3. The first kappa shape index (κ1) is 12.8. The summed E-state index contributed by atoms with van der Waals surface area (Å²) < 4.78 is 52.1. The summed E-state index contributed by atoms with van der Waals surface area (Å²) in [6.45, 7) is 1.74. The molecule has 96 valence electrons. The zero-order valence-corrected chi connectivity index (χ0v) is 9.99. The number of thiazole rings is 1. The van der Waals surface area contributed by atoms with Gasteiger partial charge in [0, 0.05) is 16.8 Å². The van der Waals surface area contributed by atoms with Gasteiger partial charge in [-0.05, 0) is 25.1 Å². The molecule has 2 aromatic rings. The molecule has 0 saturated carbocycles. The van der Waals surface area contributed by atoms with Gasteiger partial charge >= 0.3 is 6.18 Å². The molecule has 18 heavy (non-hydrogen) atoms. The molecule has 0 radical (unpaired) electrons. The molecule has 0 aliphatic heterocycles. The number of benzene rings is 1. The van der Waals surface area contributed by atoms with E-state index < -0.39 is 17.6 Å². The number of aryl methyl sites for hydroxylation is 1. The van der Waals surface area contributed by atoms with Gasteiger partial charge in [0.15, 0.2) is 4.80 Å². The van der Waals surface area contributed by atoms with Gasteiger partial charge in [-0.15, -0.1) is 11.3 Å². The first-order valence-corrected chi connectivity index (χ1v) is 5.71. The van der Waals surface area contributed by atoms with Crippen molar-refractivity contribution >= 4 is 11.3 Å². The third-order valence-electron chi connectivity index (χ3n) is 2.32. The van der Waals surface area contributed by atoms with Crippen molar-refractivity contribution in [2.45, 2.75) is 13.1 Å². The summed E-state index contributed by atoms with van der Waals surface area (Å²) in [4.78, 5) is 0.880. The Labute approximate surface area is 104 Å². The monoisotopic (exact) mass is 276 g/mol. The van der Waals surface area contributed by atoms with Crippen LogP contribution in [0.25, 0.3) is 5.69 Å². The topological polar surface area (TPSA) is 28.8 Å². The molecule has 1 N–H and O–H groups in total. The Kier molecular flexibility index (Phi) is 3.02. The molecule has 2 nitrogen and oxygen atoms in total. The van der Waals surface area contributed by atoms with Crippen LogP contribution in [0.4, 0.5) is 17.6 Å². The van der Waals surface area contributed by atoms with Crippen molar-refractivity contribution in [1.82, 2.24) is 4.57 Å². The number of halogens is 4. The van der Waals surface area contributed by atoms with E-state index in [0.29, 0.717) is 6.07 Å². The lowest BCUT2D eigenvalue weighted by Crippen LogP contribution is -2.13. The highest BCUT2D eigenvalue weighted by atomic mass is 32.1. The van der Waals surface area contributed by atoms with E-state index >= 15 is 0 Å². The predicted octanol–water partition coefficient (Wildman–Crippen LogP) is 3.48. The Balaban J connectivity index is 2.61. The molecule has 0 atom stereocenters. The van der Waals surface area contributed by atoms with E-state index in [1.165, 1.54) is 10.6 Å². The van der Waals surface area contributed by atoms with Crippen LogP contribution in [0, 0.1) is 18.2 Å². The van der Waals surface area contributed by atoms with Crippen LogP contribution in [0.1, 0.15) is 10.4 Å². The number of aromatic nitrogens is 1. The van der Waals surface area contributed by atoms with Crippen LogP contribution >= 0.6 is 11.3 Å². The highest BCUT2D eigenvalue weighted by molar-refractivity contribution is 7.09. The Morgan fingerprint density at radius 1 is 1.28 bits per heavy atom. The van der Waals surface area contributed by atoms with E-state index in [9.17, 15) is 17.6 Å². The molecule has 0 spiro atoms. The fourth-order valence-electron chi connectivity index (χ4n) is 1.54. The highest BCUT2D eigenvalue weighted by Crippen LogP contribution is 2.32. The summed E-state index contributed by atoms with van der Waals surface area (Å²) in [5, 5.41) is 7.62. The van der Waals surface area contributed by atoms with Crippen LogP contribution in [-0.2, 0) is 6.18 Å². The van der Waals surface area contributed by atoms with E-state index in [1.54, 1.807) is 13.1 Å². The summed E-state index contributed by atoms with van der Waals surface area (Å²) in [6, 6.07) is 2.69. The molecule has 0 saturated heterocycles. The van der Waals surface area contributed by atoms with Crippen LogP contribution < -0.4 is 4.80 Å². The number of nitrogens with zero attached hydrogens (tertiary/aromatic N) is 1. The second-order valence-electron chi connectivity index (χ2n) is 3.68. The molecule has 1 aromatic carbocycles. The summed E-state index contributed by atoms with van der Waals surface area (Å²) in [5.74, 6) is -1.31. The van der Waals surface area contributed by atoms with E-state index in [4.69, 9.17) is 5.41 Å². The molecule has 0 aliphatic carbocycles. The van der Waals surface area contributed by atoms with Crippen molar-refractivity contribution in [1.29, 1.82) is 5.41 Å². The van der Waals surface area contributed by atoms with Crippen molar-refractivity contribution in [3.05, 3.63) is 45.5 Å². The standard InChI is InChI=1S/C11H8F4N2S/c1-6-5-17(10(16)18-6)7-2-3-9(12)8(4-7)11(13,14)15/h2-5,16H,1H3. The number of rotatable bonds is 1. The Hall–Kier alpha value is -1.63. The van der Waals surface area contributed by atoms with Gasteiger partial charge in [0.2, 0.25) is 0 Å². The van der Waals surface area contributed by atoms with Crippen LogP contribution in [0.5, 0.6) is 0 Å². The molecule has 1 aromatic heterocycles. The minimum atomic E-state index is -4.74. The lowest BCUT2D eigenvalue weighted by molar-refractivity contribution is -0.140.